The second-order valence-corrected chi connectivity index (χ2v) is 6.37. The fourth-order valence-electron chi connectivity index (χ4n) is 3.20. The lowest BCUT2D eigenvalue weighted by Gasteiger charge is -2.15. The number of fused-ring (bicyclic) bond motifs is 1. The molecule has 5 nitrogen and oxygen atoms in total. The zero-order valence-electron chi connectivity index (χ0n) is 14.0. The van der Waals surface area contributed by atoms with Gasteiger partial charge in [0.05, 0.1) is 10.3 Å². The molecule has 2 aromatic rings. The summed E-state index contributed by atoms with van der Waals surface area (Å²) < 4.78 is 2.20. The normalized spacial score (nSPS) is 15.6. The summed E-state index contributed by atoms with van der Waals surface area (Å²) in [5.74, 6) is 0. The molecule has 2 aromatic carbocycles. The Morgan fingerprint density at radius 2 is 1.79 bits per heavy atom. The molecule has 0 amide bonds. The number of para-hydroxylation sites is 1. The van der Waals surface area contributed by atoms with Gasteiger partial charge in [-0.3, -0.25) is 10.1 Å². The van der Waals surface area contributed by atoms with E-state index >= 15 is 0 Å². The quantitative estimate of drug-likeness (QED) is 0.521. The smallest absolute Gasteiger partial charge is 0.269 e. The monoisotopic (exact) mass is 322 g/mol. The van der Waals surface area contributed by atoms with Crippen molar-refractivity contribution >= 4 is 22.8 Å². The van der Waals surface area contributed by atoms with Gasteiger partial charge in [-0.05, 0) is 26.0 Å². The first kappa shape index (κ1) is 15.9. The van der Waals surface area contributed by atoms with E-state index < -0.39 is 4.92 Å². The Hall–Kier alpha value is -2.95. The van der Waals surface area contributed by atoms with Crippen molar-refractivity contribution in [2.45, 2.75) is 19.3 Å². The van der Waals surface area contributed by atoms with Crippen molar-refractivity contribution in [3.8, 4) is 0 Å². The summed E-state index contributed by atoms with van der Waals surface area (Å²) in [5.41, 5.74) is 4.55. The Kier molecular flexibility index (Phi) is 3.93. The number of nitrogens with one attached hydrogen (secondary N) is 1. The topological polar surface area (TPSA) is 58.2 Å². The predicted octanol–water partition coefficient (Wildman–Crippen LogP) is 4.23. The highest BCUT2D eigenvalue weighted by atomic mass is 16.6. The first-order valence-electron chi connectivity index (χ1n) is 7.79. The number of nitrogens with zero attached hydrogens (tertiary/aromatic N) is 2. The molecule has 0 saturated carbocycles. The summed E-state index contributed by atoms with van der Waals surface area (Å²) in [7, 11) is 2.07. The van der Waals surface area contributed by atoms with Crippen molar-refractivity contribution in [2.75, 3.05) is 12.4 Å². The van der Waals surface area contributed by atoms with Crippen molar-refractivity contribution in [3.63, 3.8) is 0 Å². The van der Waals surface area contributed by atoms with E-state index in [4.69, 9.17) is 0 Å². The van der Waals surface area contributed by atoms with Crippen LogP contribution in [0.25, 0.3) is 0 Å². The van der Waals surface area contributed by atoms with E-state index in [2.05, 4.69) is 55.1 Å². The summed E-state index contributed by atoms with van der Waals surface area (Å²) in [6, 6.07) is 14.8. The van der Waals surface area contributed by atoms with E-state index in [9.17, 15) is 10.1 Å². The molecule has 1 aliphatic rings. The maximum absolute atomic E-state index is 10.7. The minimum atomic E-state index is -0.400. The molecule has 3 rings (SSSR count). The number of anilines is 1. The van der Waals surface area contributed by atoms with Crippen molar-refractivity contribution in [2.24, 2.45) is 0 Å². The Morgan fingerprint density at radius 3 is 2.42 bits per heavy atom. The third kappa shape index (κ3) is 2.69. The molecule has 0 radical (unpaired) electrons. The molecule has 1 heterocycles. The van der Waals surface area contributed by atoms with E-state index in [1.54, 1.807) is 12.1 Å². The Morgan fingerprint density at radius 1 is 1.12 bits per heavy atom. The first-order valence-corrected chi connectivity index (χ1v) is 7.79. The average Bonchev–Trinajstić information content (AvgIpc) is 2.76. The molecular formula is C19H20N3O2+. The van der Waals surface area contributed by atoms with E-state index in [-0.39, 0.29) is 11.1 Å². The van der Waals surface area contributed by atoms with Gasteiger partial charge >= 0.3 is 0 Å². The van der Waals surface area contributed by atoms with Crippen LogP contribution in [-0.4, -0.2) is 22.3 Å². The molecule has 122 valence electrons. The van der Waals surface area contributed by atoms with Gasteiger partial charge in [0, 0.05) is 41.7 Å². The van der Waals surface area contributed by atoms with Gasteiger partial charge in [-0.2, -0.15) is 4.58 Å². The molecule has 5 heteroatoms. The highest BCUT2D eigenvalue weighted by Crippen LogP contribution is 2.38. The van der Waals surface area contributed by atoms with Gasteiger partial charge in [0.2, 0.25) is 5.69 Å². The standard InChI is InChI=1S/C19H19N3O2/c1-19(2)16-6-4-5-7-17(16)21(3)18(19)12-13-20-14-8-10-15(11-9-14)22(23)24/h4-13H,1-3H3/p+1. The molecule has 0 spiro atoms. The molecule has 0 fully saturated rings. The number of rotatable bonds is 4. The molecule has 0 aromatic heterocycles. The van der Waals surface area contributed by atoms with Gasteiger partial charge in [0.15, 0.2) is 5.71 Å². The summed E-state index contributed by atoms with van der Waals surface area (Å²) in [4.78, 5) is 10.3. The Labute approximate surface area is 141 Å². The summed E-state index contributed by atoms with van der Waals surface area (Å²) in [6.07, 6.45) is 3.93. The van der Waals surface area contributed by atoms with Crippen LogP contribution in [0.4, 0.5) is 17.1 Å². The van der Waals surface area contributed by atoms with E-state index in [1.165, 1.54) is 29.1 Å². The highest BCUT2D eigenvalue weighted by Gasteiger charge is 2.42. The summed E-state index contributed by atoms with van der Waals surface area (Å²) >= 11 is 0. The predicted molar refractivity (Wildman–Crippen MR) is 96.2 cm³/mol. The van der Waals surface area contributed by atoms with Crippen LogP contribution in [0.2, 0.25) is 0 Å². The number of hydrogen-bond donors (Lipinski definition) is 1. The second-order valence-electron chi connectivity index (χ2n) is 6.37. The van der Waals surface area contributed by atoms with E-state index in [0.717, 1.165) is 5.69 Å². The summed E-state index contributed by atoms with van der Waals surface area (Å²) in [6.45, 7) is 4.42. The van der Waals surface area contributed by atoms with Crippen LogP contribution in [-0.2, 0) is 5.41 Å². The van der Waals surface area contributed by atoms with Crippen molar-refractivity contribution in [1.82, 2.24) is 0 Å². The van der Waals surface area contributed by atoms with Gasteiger partial charge in [-0.15, -0.1) is 0 Å². The SMILES string of the molecule is C[N+]1=C(C=CNc2ccc([N+](=O)[O-])cc2)C(C)(C)c2ccccc21. The molecule has 24 heavy (non-hydrogen) atoms. The van der Waals surface area contributed by atoms with Crippen LogP contribution >= 0.6 is 0 Å². The molecular weight excluding hydrogens is 302 g/mol. The van der Waals surface area contributed by atoms with Crippen molar-refractivity contribution in [1.29, 1.82) is 0 Å². The molecule has 1 aliphatic heterocycles. The molecule has 0 saturated heterocycles. The first-order chi connectivity index (χ1) is 11.4. The van der Waals surface area contributed by atoms with Crippen LogP contribution in [0.5, 0.6) is 0 Å². The van der Waals surface area contributed by atoms with Crippen molar-refractivity contribution in [3.05, 3.63) is 76.5 Å². The van der Waals surface area contributed by atoms with E-state index in [0.29, 0.717) is 0 Å². The lowest BCUT2D eigenvalue weighted by atomic mass is 9.81. The van der Waals surface area contributed by atoms with Crippen LogP contribution in [0.1, 0.15) is 19.4 Å². The Bertz CT molecular complexity index is 849. The molecule has 1 N–H and O–H groups in total. The molecule has 0 aliphatic carbocycles. The largest absolute Gasteiger partial charge is 0.361 e. The van der Waals surface area contributed by atoms with Crippen molar-refractivity contribution < 1.29 is 9.50 Å². The second kappa shape index (κ2) is 5.92. The molecule has 0 atom stereocenters. The fraction of sp³-hybridized carbons (Fsp3) is 0.211. The van der Waals surface area contributed by atoms with E-state index in [1.807, 2.05) is 12.3 Å². The van der Waals surface area contributed by atoms with Gasteiger partial charge in [-0.25, -0.2) is 0 Å². The fourth-order valence-corrected chi connectivity index (χ4v) is 3.20. The summed E-state index contributed by atoms with van der Waals surface area (Å²) in [5, 5.41) is 13.9. The van der Waals surface area contributed by atoms with Gasteiger partial charge in [-0.1, -0.05) is 18.2 Å². The third-order valence-corrected chi connectivity index (χ3v) is 4.51. The minimum Gasteiger partial charge on any atom is -0.361 e. The van der Waals surface area contributed by atoms with Gasteiger partial charge in [0.1, 0.15) is 7.05 Å². The third-order valence-electron chi connectivity index (χ3n) is 4.51. The minimum absolute atomic E-state index is 0.0704. The number of nitro groups is 1. The zero-order chi connectivity index (χ0) is 17.3. The molecule has 0 bridgehead atoms. The highest BCUT2D eigenvalue weighted by molar-refractivity contribution is 6.03. The van der Waals surface area contributed by atoms with Crippen LogP contribution in [0, 0.1) is 10.1 Å². The number of hydrogen-bond acceptors (Lipinski definition) is 3. The lowest BCUT2D eigenvalue weighted by Crippen LogP contribution is -2.26. The van der Waals surface area contributed by atoms with Crippen LogP contribution in [0.3, 0.4) is 0 Å². The van der Waals surface area contributed by atoms with Crippen LogP contribution < -0.4 is 5.32 Å². The van der Waals surface area contributed by atoms with Crippen LogP contribution in [0.15, 0.2) is 60.8 Å². The maximum Gasteiger partial charge on any atom is 0.269 e. The Balaban J connectivity index is 1.80. The maximum atomic E-state index is 10.7. The number of allylic oxidation sites excluding steroid dienone is 1. The lowest BCUT2D eigenvalue weighted by molar-refractivity contribution is -0.401. The molecule has 0 unspecified atom stereocenters. The zero-order valence-corrected chi connectivity index (χ0v) is 14.0. The number of nitro benzene ring substituents is 1. The number of non-ortho nitro benzene ring substituents is 1. The van der Waals surface area contributed by atoms with Gasteiger partial charge < -0.3 is 5.32 Å². The van der Waals surface area contributed by atoms with Gasteiger partial charge in [0.25, 0.3) is 5.69 Å². The average molecular weight is 322 g/mol. The number of benzene rings is 2.